The largest absolute Gasteiger partial charge is 0.352 e. The lowest BCUT2D eigenvalue weighted by atomic mass is 9.78. The molecular weight excluding hydrogens is 346 g/mol. The van der Waals surface area contributed by atoms with Crippen molar-refractivity contribution in [3.63, 3.8) is 0 Å². The molecule has 0 aliphatic heterocycles. The molecule has 0 saturated heterocycles. The third kappa shape index (κ3) is 4.63. The minimum atomic E-state index is -0.236. The number of carbonyl (C=O) groups is 1. The first-order valence-electron chi connectivity index (χ1n) is 9.31. The number of tetrazole rings is 1. The van der Waals surface area contributed by atoms with Crippen molar-refractivity contribution in [2.45, 2.75) is 63.0 Å². The standard InChI is InChI=1S/C19H27N5OS/c1-13-8-7-11-17(14(13)2)20-18(25)15(3)26-19-21-22-23-24(19)12-16-9-5-4-6-10-16/h4-6,9-10,13-15,17H,7-8,11-12H2,1-3H3,(H,20,25)/t13-,14-,15-,17+/m0/s1. The van der Waals surface area contributed by atoms with E-state index in [0.717, 1.165) is 12.0 Å². The molecule has 0 spiro atoms. The molecule has 1 heterocycles. The number of carbonyl (C=O) groups excluding carboxylic acids is 1. The predicted molar refractivity (Wildman–Crippen MR) is 103 cm³/mol. The van der Waals surface area contributed by atoms with Crippen LogP contribution in [0.25, 0.3) is 0 Å². The smallest absolute Gasteiger partial charge is 0.233 e. The highest BCUT2D eigenvalue weighted by molar-refractivity contribution is 8.00. The van der Waals surface area contributed by atoms with Gasteiger partial charge in [0.2, 0.25) is 11.1 Å². The van der Waals surface area contributed by atoms with Crippen molar-refractivity contribution >= 4 is 17.7 Å². The van der Waals surface area contributed by atoms with Crippen LogP contribution < -0.4 is 5.32 Å². The highest BCUT2D eigenvalue weighted by Crippen LogP contribution is 2.30. The van der Waals surface area contributed by atoms with Gasteiger partial charge in [-0.3, -0.25) is 4.79 Å². The number of nitrogens with zero attached hydrogens (tertiary/aromatic N) is 4. The highest BCUT2D eigenvalue weighted by Gasteiger charge is 2.29. The van der Waals surface area contributed by atoms with E-state index >= 15 is 0 Å². The van der Waals surface area contributed by atoms with Gasteiger partial charge in [-0.1, -0.05) is 68.8 Å². The van der Waals surface area contributed by atoms with Gasteiger partial charge < -0.3 is 5.32 Å². The molecule has 1 amide bonds. The van der Waals surface area contributed by atoms with Crippen molar-refractivity contribution < 1.29 is 4.79 Å². The number of thioether (sulfide) groups is 1. The van der Waals surface area contributed by atoms with Gasteiger partial charge in [-0.25, -0.2) is 4.68 Å². The lowest BCUT2D eigenvalue weighted by molar-refractivity contribution is -0.121. The molecule has 1 fully saturated rings. The number of amides is 1. The van der Waals surface area contributed by atoms with E-state index in [2.05, 4.69) is 34.7 Å². The lowest BCUT2D eigenvalue weighted by Crippen LogP contribution is -2.46. The summed E-state index contributed by atoms with van der Waals surface area (Å²) in [5.41, 5.74) is 1.13. The summed E-state index contributed by atoms with van der Waals surface area (Å²) in [5, 5.41) is 15.6. The van der Waals surface area contributed by atoms with Crippen LogP contribution in [0, 0.1) is 11.8 Å². The van der Waals surface area contributed by atoms with Gasteiger partial charge in [0.15, 0.2) is 0 Å². The molecule has 1 aliphatic carbocycles. The minimum Gasteiger partial charge on any atom is -0.352 e. The van der Waals surface area contributed by atoms with Crippen molar-refractivity contribution in [1.29, 1.82) is 0 Å². The fraction of sp³-hybridized carbons (Fsp3) is 0.579. The monoisotopic (exact) mass is 373 g/mol. The Morgan fingerprint density at radius 1 is 1.31 bits per heavy atom. The van der Waals surface area contributed by atoms with Gasteiger partial charge in [0.1, 0.15) is 0 Å². The third-order valence-corrected chi connectivity index (χ3v) is 6.43. The second-order valence-corrected chi connectivity index (χ2v) is 8.56. The van der Waals surface area contributed by atoms with E-state index in [1.54, 1.807) is 4.68 Å². The Morgan fingerprint density at radius 3 is 2.85 bits per heavy atom. The van der Waals surface area contributed by atoms with Crippen LogP contribution in [0.4, 0.5) is 0 Å². The summed E-state index contributed by atoms with van der Waals surface area (Å²) >= 11 is 1.41. The molecule has 2 aromatic rings. The number of benzene rings is 1. The van der Waals surface area contributed by atoms with E-state index in [9.17, 15) is 4.79 Å². The van der Waals surface area contributed by atoms with E-state index in [4.69, 9.17) is 0 Å². The minimum absolute atomic E-state index is 0.0650. The fourth-order valence-electron chi connectivity index (χ4n) is 3.43. The van der Waals surface area contributed by atoms with Crippen molar-refractivity contribution in [3.05, 3.63) is 35.9 Å². The molecule has 0 unspecified atom stereocenters. The van der Waals surface area contributed by atoms with Crippen LogP contribution in [0.5, 0.6) is 0 Å². The molecule has 3 rings (SSSR count). The number of nitrogens with one attached hydrogen (secondary N) is 1. The molecule has 7 heteroatoms. The van der Waals surface area contributed by atoms with Crippen LogP contribution in [-0.2, 0) is 11.3 Å². The first-order chi connectivity index (χ1) is 12.5. The maximum absolute atomic E-state index is 12.6. The van der Waals surface area contributed by atoms with Crippen LogP contribution in [0.2, 0.25) is 0 Å². The van der Waals surface area contributed by atoms with Crippen LogP contribution in [0.1, 0.15) is 45.6 Å². The average Bonchev–Trinajstić information content (AvgIpc) is 3.06. The molecule has 4 atom stereocenters. The quantitative estimate of drug-likeness (QED) is 0.788. The Kier molecular flexibility index (Phi) is 6.29. The zero-order chi connectivity index (χ0) is 18.5. The van der Waals surface area contributed by atoms with Gasteiger partial charge in [0.05, 0.1) is 11.8 Å². The van der Waals surface area contributed by atoms with Crippen molar-refractivity contribution in [2.24, 2.45) is 11.8 Å². The number of hydrogen-bond donors (Lipinski definition) is 1. The second kappa shape index (κ2) is 8.66. The van der Waals surface area contributed by atoms with Gasteiger partial charge in [-0.05, 0) is 41.2 Å². The Hall–Kier alpha value is -1.89. The van der Waals surface area contributed by atoms with Gasteiger partial charge in [0.25, 0.3) is 0 Å². The molecule has 1 aromatic heterocycles. The summed E-state index contributed by atoms with van der Waals surface area (Å²) in [7, 11) is 0. The Bertz CT molecular complexity index is 720. The second-order valence-electron chi connectivity index (χ2n) is 7.25. The number of hydrogen-bond acceptors (Lipinski definition) is 5. The maximum Gasteiger partial charge on any atom is 0.233 e. The molecule has 0 bridgehead atoms. The Labute approximate surface area is 159 Å². The van der Waals surface area contributed by atoms with E-state index in [-0.39, 0.29) is 17.2 Å². The normalized spacial score (nSPS) is 24.2. The molecule has 26 heavy (non-hydrogen) atoms. The van der Waals surface area contributed by atoms with Gasteiger partial charge in [0, 0.05) is 6.04 Å². The molecule has 1 aliphatic rings. The third-order valence-electron chi connectivity index (χ3n) is 5.36. The van der Waals surface area contributed by atoms with Gasteiger partial charge >= 0.3 is 0 Å². The summed E-state index contributed by atoms with van der Waals surface area (Å²) in [6.07, 6.45) is 3.51. The van der Waals surface area contributed by atoms with Crippen molar-refractivity contribution in [2.75, 3.05) is 0 Å². The van der Waals surface area contributed by atoms with Crippen LogP contribution in [-0.4, -0.2) is 37.4 Å². The Morgan fingerprint density at radius 2 is 2.08 bits per heavy atom. The fourth-order valence-corrected chi connectivity index (χ4v) is 4.23. The van der Waals surface area contributed by atoms with Crippen LogP contribution in [0.3, 0.4) is 0 Å². The summed E-state index contributed by atoms with van der Waals surface area (Å²) in [6.45, 7) is 7.03. The molecule has 1 N–H and O–H groups in total. The van der Waals surface area contributed by atoms with E-state index in [0.29, 0.717) is 23.5 Å². The molecule has 1 aromatic carbocycles. The van der Waals surface area contributed by atoms with Crippen molar-refractivity contribution in [1.82, 2.24) is 25.5 Å². The topological polar surface area (TPSA) is 72.7 Å². The molecule has 6 nitrogen and oxygen atoms in total. The lowest BCUT2D eigenvalue weighted by Gasteiger charge is -2.35. The van der Waals surface area contributed by atoms with Crippen LogP contribution >= 0.6 is 11.8 Å². The maximum atomic E-state index is 12.6. The molecule has 140 valence electrons. The number of aromatic nitrogens is 4. The van der Waals surface area contributed by atoms with Crippen molar-refractivity contribution in [3.8, 4) is 0 Å². The highest BCUT2D eigenvalue weighted by atomic mass is 32.2. The zero-order valence-electron chi connectivity index (χ0n) is 15.6. The summed E-state index contributed by atoms with van der Waals surface area (Å²) in [4.78, 5) is 12.6. The molecular formula is C19H27N5OS. The predicted octanol–water partition coefficient (Wildman–Crippen LogP) is 3.14. The molecule has 1 saturated carbocycles. The van der Waals surface area contributed by atoms with E-state index in [1.165, 1.54) is 24.6 Å². The SMILES string of the molecule is C[C@H]1[C@@H](C)CCC[C@H]1NC(=O)[C@H](C)Sc1nnnn1Cc1ccccc1. The summed E-state index contributed by atoms with van der Waals surface area (Å²) in [6, 6.07) is 10.3. The summed E-state index contributed by atoms with van der Waals surface area (Å²) < 4.78 is 1.75. The van der Waals surface area contributed by atoms with Gasteiger partial charge in [-0.15, -0.1) is 5.10 Å². The first kappa shape index (κ1) is 18.9. The zero-order valence-corrected chi connectivity index (χ0v) is 16.4. The summed E-state index contributed by atoms with van der Waals surface area (Å²) in [5.74, 6) is 1.25. The average molecular weight is 374 g/mol. The van der Waals surface area contributed by atoms with Gasteiger partial charge in [-0.2, -0.15) is 0 Å². The number of rotatable bonds is 6. The van der Waals surface area contributed by atoms with E-state index < -0.39 is 0 Å². The molecule has 0 radical (unpaired) electrons. The Balaban J connectivity index is 1.59. The first-order valence-corrected chi connectivity index (χ1v) is 10.2. The van der Waals surface area contributed by atoms with E-state index in [1.807, 2.05) is 37.3 Å². The van der Waals surface area contributed by atoms with Crippen LogP contribution in [0.15, 0.2) is 35.5 Å².